The molecule has 0 bridgehead atoms. The maximum atomic E-state index is 5.26. The van der Waals surface area contributed by atoms with Crippen LogP contribution in [-0.2, 0) is 0 Å². The quantitative estimate of drug-likeness (QED) is 0.177. The van der Waals surface area contributed by atoms with Crippen LogP contribution >= 0.6 is 11.3 Å². The predicted molar refractivity (Wildman–Crippen MR) is 213 cm³/mol. The molecule has 0 radical (unpaired) electrons. The molecule has 1 aromatic heterocycles. The molecule has 0 fully saturated rings. The molecule has 8 aromatic carbocycles. The van der Waals surface area contributed by atoms with Crippen molar-refractivity contribution in [3.8, 4) is 54.5 Å². The summed E-state index contributed by atoms with van der Waals surface area (Å²) in [5.74, 6) is 0. The second-order valence-electron chi connectivity index (χ2n) is 12.8. The number of nitrogens with zero attached hydrogens (tertiary/aromatic N) is 2. The summed E-state index contributed by atoms with van der Waals surface area (Å²) < 4.78 is 0. The van der Waals surface area contributed by atoms with Crippen LogP contribution in [-0.4, -0.2) is 4.98 Å². The lowest BCUT2D eigenvalue weighted by Gasteiger charge is -2.26. The molecule has 0 amide bonds. The molecular formula is C47H30N2S. The van der Waals surface area contributed by atoms with Crippen LogP contribution in [0.3, 0.4) is 0 Å². The van der Waals surface area contributed by atoms with Crippen LogP contribution in [0.2, 0.25) is 0 Å². The van der Waals surface area contributed by atoms with E-state index in [2.05, 4.69) is 187 Å². The van der Waals surface area contributed by atoms with E-state index in [1.54, 1.807) is 11.3 Å². The highest BCUT2D eigenvalue weighted by molar-refractivity contribution is 7.19. The minimum Gasteiger partial charge on any atom is -0.310 e. The fraction of sp³-hybridized carbons (Fsp3) is 0. The average molecular weight is 655 g/mol. The van der Waals surface area contributed by atoms with Gasteiger partial charge in [-0.15, -0.1) is 11.3 Å². The summed E-state index contributed by atoms with van der Waals surface area (Å²) in [4.78, 5) is 8.87. The van der Waals surface area contributed by atoms with Gasteiger partial charge in [-0.2, -0.15) is 0 Å². The lowest BCUT2D eigenvalue weighted by Crippen LogP contribution is -2.10. The van der Waals surface area contributed by atoms with Crippen LogP contribution in [0.25, 0.3) is 76.1 Å². The molecule has 0 aliphatic heterocycles. The molecule has 0 spiro atoms. The summed E-state index contributed by atoms with van der Waals surface area (Å²) in [7, 11) is 0. The van der Waals surface area contributed by atoms with Gasteiger partial charge in [-0.1, -0.05) is 146 Å². The van der Waals surface area contributed by atoms with Gasteiger partial charge in [0.1, 0.15) is 5.01 Å². The van der Waals surface area contributed by atoms with Crippen LogP contribution < -0.4 is 4.90 Å². The highest BCUT2D eigenvalue weighted by Gasteiger charge is 2.26. The second kappa shape index (κ2) is 11.7. The van der Waals surface area contributed by atoms with E-state index in [4.69, 9.17) is 4.98 Å². The minimum atomic E-state index is 1.04. The van der Waals surface area contributed by atoms with Crippen molar-refractivity contribution < 1.29 is 0 Å². The third-order valence-corrected chi connectivity index (χ3v) is 11.0. The Bertz CT molecular complexity index is 2630. The molecule has 1 aliphatic carbocycles. The van der Waals surface area contributed by atoms with Crippen molar-refractivity contribution in [2.75, 3.05) is 4.90 Å². The van der Waals surface area contributed by atoms with E-state index < -0.39 is 0 Å². The van der Waals surface area contributed by atoms with Crippen molar-refractivity contribution in [3.05, 3.63) is 182 Å². The van der Waals surface area contributed by atoms with Gasteiger partial charge in [0, 0.05) is 33.8 Å². The first-order chi connectivity index (χ1) is 24.8. The first-order valence-corrected chi connectivity index (χ1v) is 17.8. The first kappa shape index (κ1) is 28.7. The largest absolute Gasteiger partial charge is 0.310 e. The molecule has 10 rings (SSSR count). The molecule has 0 saturated carbocycles. The second-order valence-corrected chi connectivity index (χ2v) is 13.8. The van der Waals surface area contributed by atoms with Crippen LogP contribution in [0.15, 0.2) is 182 Å². The highest BCUT2D eigenvalue weighted by atomic mass is 32.1. The van der Waals surface area contributed by atoms with Crippen molar-refractivity contribution in [2.24, 2.45) is 0 Å². The lowest BCUT2D eigenvalue weighted by atomic mass is 9.98. The standard InChI is InChI=1S/C47H30N2S/c1-2-10-31(11-3-1)32-22-26-37(27-23-32)49(38-28-24-34(25-29-38)41-19-7-13-33-12-4-5-18-40(33)41)39-17-6-16-36(30-39)47-48-45-42-20-8-14-35-15-9-21-43(44(35)42)46(45)50-47/h1-30H. The number of anilines is 3. The molecule has 1 heterocycles. The minimum absolute atomic E-state index is 1.04. The molecule has 50 heavy (non-hydrogen) atoms. The van der Waals surface area contributed by atoms with E-state index in [9.17, 15) is 0 Å². The van der Waals surface area contributed by atoms with Gasteiger partial charge in [-0.25, -0.2) is 4.98 Å². The summed E-state index contributed by atoms with van der Waals surface area (Å²) in [5.41, 5.74) is 12.9. The smallest absolute Gasteiger partial charge is 0.124 e. The number of fused-ring (bicyclic) bond motifs is 4. The summed E-state index contributed by atoms with van der Waals surface area (Å²) in [6, 6.07) is 65.5. The topological polar surface area (TPSA) is 16.1 Å². The molecule has 0 N–H and O–H groups in total. The maximum Gasteiger partial charge on any atom is 0.124 e. The summed E-state index contributed by atoms with van der Waals surface area (Å²) in [6.07, 6.45) is 0. The molecule has 234 valence electrons. The third kappa shape index (κ3) is 4.74. The zero-order chi connectivity index (χ0) is 33.0. The monoisotopic (exact) mass is 654 g/mol. The van der Waals surface area contributed by atoms with Crippen molar-refractivity contribution in [1.82, 2.24) is 4.98 Å². The molecule has 9 aromatic rings. The number of thiazole rings is 1. The van der Waals surface area contributed by atoms with Gasteiger partial charge in [-0.05, 0) is 80.2 Å². The van der Waals surface area contributed by atoms with Crippen molar-refractivity contribution in [3.63, 3.8) is 0 Å². The van der Waals surface area contributed by atoms with Gasteiger partial charge < -0.3 is 4.90 Å². The Morgan fingerprint density at radius 1 is 0.400 bits per heavy atom. The van der Waals surface area contributed by atoms with Gasteiger partial charge in [0.25, 0.3) is 0 Å². The molecule has 2 nitrogen and oxygen atoms in total. The normalized spacial score (nSPS) is 11.6. The van der Waals surface area contributed by atoms with Crippen LogP contribution in [0.5, 0.6) is 0 Å². The van der Waals surface area contributed by atoms with Crippen molar-refractivity contribution >= 4 is 49.9 Å². The van der Waals surface area contributed by atoms with Gasteiger partial charge in [0.2, 0.25) is 0 Å². The summed E-state index contributed by atoms with van der Waals surface area (Å²) in [5, 5.41) is 6.14. The van der Waals surface area contributed by atoms with Gasteiger partial charge in [0.05, 0.1) is 10.6 Å². The molecule has 0 atom stereocenters. The van der Waals surface area contributed by atoms with Gasteiger partial charge in [0.15, 0.2) is 0 Å². The van der Waals surface area contributed by atoms with E-state index >= 15 is 0 Å². The first-order valence-electron chi connectivity index (χ1n) is 17.0. The molecule has 0 saturated heterocycles. The Balaban J connectivity index is 1.07. The van der Waals surface area contributed by atoms with Crippen molar-refractivity contribution in [1.29, 1.82) is 0 Å². The van der Waals surface area contributed by atoms with Crippen molar-refractivity contribution in [2.45, 2.75) is 0 Å². The van der Waals surface area contributed by atoms with Gasteiger partial charge in [-0.3, -0.25) is 0 Å². The highest BCUT2D eigenvalue weighted by Crippen LogP contribution is 2.51. The van der Waals surface area contributed by atoms with Crippen LogP contribution in [0.1, 0.15) is 0 Å². The Morgan fingerprint density at radius 3 is 1.76 bits per heavy atom. The summed E-state index contributed by atoms with van der Waals surface area (Å²) >= 11 is 1.79. The van der Waals surface area contributed by atoms with Crippen LogP contribution in [0.4, 0.5) is 17.1 Å². The number of benzene rings is 8. The zero-order valence-corrected chi connectivity index (χ0v) is 27.9. The number of hydrogen-bond acceptors (Lipinski definition) is 3. The molecule has 0 unspecified atom stereocenters. The molecule has 3 heteroatoms. The third-order valence-electron chi connectivity index (χ3n) is 9.84. The van der Waals surface area contributed by atoms with E-state index in [1.807, 2.05) is 0 Å². The van der Waals surface area contributed by atoms with E-state index in [0.717, 1.165) is 33.3 Å². The SMILES string of the molecule is c1ccc(-c2ccc(N(c3ccc(-c4cccc5ccccc45)cc3)c3cccc(-c4nc5c(s4)-c4cccc6cccc-5c46)c3)cc2)cc1. The summed E-state index contributed by atoms with van der Waals surface area (Å²) in [6.45, 7) is 0. The number of rotatable bonds is 6. The van der Waals surface area contributed by atoms with E-state index in [1.165, 1.54) is 59.8 Å². The fourth-order valence-corrected chi connectivity index (χ4v) is 8.57. The zero-order valence-electron chi connectivity index (χ0n) is 27.1. The Morgan fingerprint density at radius 2 is 0.980 bits per heavy atom. The molecule has 1 aliphatic rings. The lowest BCUT2D eigenvalue weighted by molar-refractivity contribution is 1.28. The Labute approximate surface area is 295 Å². The number of hydrogen-bond donors (Lipinski definition) is 0. The van der Waals surface area contributed by atoms with Crippen LogP contribution in [0, 0.1) is 0 Å². The van der Waals surface area contributed by atoms with Gasteiger partial charge >= 0.3 is 0 Å². The maximum absolute atomic E-state index is 5.26. The Kier molecular flexibility index (Phi) is 6.71. The average Bonchev–Trinajstić information content (AvgIpc) is 3.76. The number of aromatic nitrogens is 1. The van der Waals surface area contributed by atoms with E-state index in [-0.39, 0.29) is 0 Å². The molecular weight excluding hydrogens is 625 g/mol. The predicted octanol–water partition coefficient (Wildman–Crippen LogP) is 13.6. The van der Waals surface area contributed by atoms with E-state index in [0.29, 0.717) is 0 Å². The Hall–Kier alpha value is -6.29. The fourth-order valence-electron chi connectivity index (χ4n) is 7.46.